The topological polar surface area (TPSA) is 32.6 Å². The summed E-state index contributed by atoms with van der Waals surface area (Å²) < 4.78 is 0. The van der Waals surface area contributed by atoms with Gasteiger partial charge in [0.15, 0.2) is 0 Å². The third kappa shape index (κ3) is 3.44. The molecule has 0 saturated carbocycles. The molecular formula is C17H19NO. The van der Waals surface area contributed by atoms with Crippen LogP contribution in [0, 0.1) is 0 Å². The third-order valence-electron chi connectivity index (χ3n) is 2.99. The second kappa shape index (κ2) is 5.27. The summed E-state index contributed by atoms with van der Waals surface area (Å²) in [6, 6.07) is 15.4. The van der Waals surface area contributed by atoms with E-state index in [0.29, 0.717) is 5.69 Å². The monoisotopic (exact) mass is 253 g/mol. The van der Waals surface area contributed by atoms with Crippen molar-refractivity contribution in [2.45, 2.75) is 26.2 Å². The normalized spacial score (nSPS) is 11.9. The maximum atomic E-state index is 9.86. The number of aliphatic imine (C=N–C) groups is 1. The van der Waals surface area contributed by atoms with Crippen molar-refractivity contribution in [2.75, 3.05) is 0 Å². The largest absolute Gasteiger partial charge is 0.506 e. The second-order valence-electron chi connectivity index (χ2n) is 5.62. The van der Waals surface area contributed by atoms with Gasteiger partial charge in [-0.25, -0.2) is 0 Å². The molecule has 19 heavy (non-hydrogen) atoms. The summed E-state index contributed by atoms with van der Waals surface area (Å²) in [5.74, 6) is 0.209. The van der Waals surface area contributed by atoms with Gasteiger partial charge < -0.3 is 5.11 Å². The lowest BCUT2D eigenvalue weighted by Crippen LogP contribution is -2.10. The molecule has 0 radical (unpaired) electrons. The van der Waals surface area contributed by atoms with E-state index in [1.165, 1.54) is 0 Å². The fourth-order valence-electron chi connectivity index (χ4n) is 1.78. The van der Waals surface area contributed by atoms with Crippen molar-refractivity contribution in [2.24, 2.45) is 4.99 Å². The van der Waals surface area contributed by atoms with E-state index in [4.69, 9.17) is 0 Å². The van der Waals surface area contributed by atoms with Crippen LogP contribution in [-0.4, -0.2) is 11.3 Å². The first-order valence-corrected chi connectivity index (χ1v) is 6.39. The lowest BCUT2D eigenvalue weighted by Gasteiger charge is -2.19. The van der Waals surface area contributed by atoms with Crippen molar-refractivity contribution in [3.05, 3.63) is 59.7 Å². The summed E-state index contributed by atoms with van der Waals surface area (Å²) in [6.07, 6.45) is 1.77. The first-order chi connectivity index (χ1) is 8.97. The van der Waals surface area contributed by atoms with E-state index in [1.807, 2.05) is 42.5 Å². The lowest BCUT2D eigenvalue weighted by atomic mass is 9.87. The molecule has 2 rings (SSSR count). The van der Waals surface area contributed by atoms with Gasteiger partial charge in [-0.2, -0.15) is 0 Å². The molecule has 0 saturated heterocycles. The molecule has 0 aliphatic heterocycles. The predicted molar refractivity (Wildman–Crippen MR) is 80.5 cm³/mol. The van der Waals surface area contributed by atoms with E-state index < -0.39 is 0 Å². The zero-order valence-electron chi connectivity index (χ0n) is 11.6. The Bertz CT molecular complexity index is 580. The third-order valence-corrected chi connectivity index (χ3v) is 2.99. The molecule has 2 heteroatoms. The molecule has 2 aromatic rings. The van der Waals surface area contributed by atoms with Gasteiger partial charge in [0.2, 0.25) is 0 Å². The second-order valence-corrected chi connectivity index (χ2v) is 5.62. The van der Waals surface area contributed by atoms with Crippen LogP contribution in [0.4, 0.5) is 5.69 Å². The molecule has 0 aromatic heterocycles. The molecule has 0 heterocycles. The van der Waals surface area contributed by atoms with Gasteiger partial charge in [0.25, 0.3) is 0 Å². The van der Waals surface area contributed by atoms with Gasteiger partial charge in [-0.3, -0.25) is 4.99 Å². The SMILES string of the molecule is CC(C)(C)c1ccc(O)c(N=Cc2ccccc2)c1. The predicted octanol–water partition coefficient (Wildman–Crippen LogP) is 4.44. The maximum Gasteiger partial charge on any atom is 0.141 e. The first kappa shape index (κ1) is 13.3. The summed E-state index contributed by atoms with van der Waals surface area (Å²) in [7, 11) is 0. The zero-order valence-corrected chi connectivity index (χ0v) is 11.6. The molecule has 0 unspecified atom stereocenters. The van der Waals surface area contributed by atoms with Crippen molar-refractivity contribution >= 4 is 11.9 Å². The average Bonchev–Trinajstić information content (AvgIpc) is 2.37. The maximum absolute atomic E-state index is 9.86. The van der Waals surface area contributed by atoms with Crippen LogP contribution < -0.4 is 0 Å². The number of phenolic OH excluding ortho intramolecular Hbond substituents is 1. The van der Waals surface area contributed by atoms with Crippen LogP contribution in [0.5, 0.6) is 5.75 Å². The summed E-state index contributed by atoms with van der Waals surface area (Å²) in [6.45, 7) is 6.43. The Labute approximate surface area is 114 Å². The number of hydrogen-bond donors (Lipinski definition) is 1. The highest BCUT2D eigenvalue weighted by Gasteiger charge is 2.14. The van der Waals surface area contributed by atoms with Gasteiger partial charge >= 0.3 is 0 Å². The van der Waals surface area contributed by atoms with Crippen LogP contribution in [-0.2, 0) is 5.41 Å². The van der Waals surface area contributed by atoms with Crippen molar-refractivity contribution in [1.29, 1.82) is 0 Å². The number of rotatable bonds is 2. The Hall–Kier alpha value is -2.09. The number of hydrogen-bond acceptors (Lipinski definition) is 2. The number of phenols is 1. The van der Waals surface area contributed by atoms with Crippen molar-refractivity contribution in [1.82, 2.24) is 0 Å². The van der Waals surface area contributed by atoms with E-state index in [2.05, 4.69) is 25.8 Å². The molecule has 0 amide bonds. The van der Waals surface area contributed by atoms with Gasteiger partial charge in [0.05, 0.1) is 0 Å². The number of benzene rings is 2. The fraction of sp³-hybridized carbons (Fsp3) is 0.235. The summed E-state index contributed by atoms with van der Waals surface area (Å²) in [5.41, 5.74) is 2.83. The zero-order chi connectivity index (χ0) is 13.9. The van der Waals surface area contributed by atoms with E-state index in [1.54, 1.807) is 12.3 Å². The minimum absolute atomic E-state index is 0.0463. The Kier molecular flexibility index (Phi) is 3.70. The molecule has 0 aliphatic rings. The van der Waals surface area contributed by atoms with Crippen LogP contribution in [0.1, 0.15) is 31.9 Å². The molecule has 1 N–H and O–H groups in total. The minimum atomic E-state index is 0.0463. The van der Waals surface area contributed by atoms with Crippen molar-refractivity contribution in [3.63, 3.8) is 0 Å². The highest BCUT2D eigenvalue weighted by molar-refractivity contribution is 5.82. The van der Waals surface area contributed by atoms with Gasteiger partial charge in [0.1, 0.15) is 11.4 Å². The number of nitrogens with zero attached hydrogens (tertiary/aromatic N) is 1. The van der Waals surface area contributed by atoms with Crippen LogP contribution in [0.2, 0.25) is 0 Å². The standard InChI is InChI=1S/C17H19NO/c1-17(2,3)14-9-10-16(19)15(11-14)18-12-13-7-5-4-6-8-13/h4-12,19H,1-3H3. The van der Waals surface area contributed by atoms with E-state index in [0.717, 1.165) is 11.1 Å². The van der Waals surface area contributed by atoms with Crippen LogP contribution >= 0.6 is 0 Å². The molecular weight excluding hydrogens is 234 g/mol. The summed E-state index contributed by atoms with van der Waals surface area (Å²) in [5, 5.41) is 9.86. The molecule has 2 nitrogen and oxygen atoms in total. The van der Waals surface area contributed by atoms with E-state index >= 15 is 0 Å². The molecule has 2 aromatic carbocycles. The van der Waals surface area contributed by atoms with E-state index in [-0.39, 0.29) is 11.2 Å². The van der Waals surface area contributed by atoms with Crippen LogP contribution in [0.3, 0.4) is 0 Å². The molecule has 0 atom stereocenters. The van der Waals surface area contributed by atoms with Crippen LogP contribution in [0.25, 0.3) is 0 Å². The highest BCUT2D eigenvalue weighted by atomic mass is 16.3. The number of aromatic hydroxyl groups is 1. The highest BCUT2D eigenvalue weighted by Crippen LogP contribution is 2.32. The Morgan fingerprint density at radius 2 is 1.68 bits per heavy atom. The Morgan fingerprint density at radius 1 is 1.00 bits per heavy atom. The molecule has 0 bridgehead atoms. The quantitative estimate of drug-likeness (QED) is 0.788. The van der Waals surface area contributed by atoms with E-state index in [9.17, 15) is 5.11 Å². The van der Waals surface area contributed by atoms with Crippen LogP contribution in [0.15, 0.2) is 53.5 Å². The molecule has 98 valence electrons. The minimum Gasteiger partial charge on any atom is -0.506 e. The lowest BCUT2D eigenvalue weighted by molar-refractivity contribution is 0.475. The van der Waals surface area contributed by atoms with Gasteiger partial charge in [0, 0.05) is 6.21 Å². The summed E-state index contributed by atoms with van der Waals surface area (Å²) in [4.78, 5) is 4.38. The van der Waals surface area contributed by atoms with Crippen molar-refractivity contribution in [3.8, 4) is 5.75 Å². The molecule has 0 fully saturated rings. The fourth-order valence-corrected chi connectivity index (χ4v) is 1.78. The van der Waals surface area contributed by atoms with Gasteiger partial charge in [-0.1, -0.05) is 57.2 Å². The van der Waals surface area contributed by atoms with Gasteiger partial charge in [-0.05, 0) is 28.7 Å². The molecule has 0 aliphatic carbocycles. The molecule has 0 spiro atoms. The smallest absolute Gasteiger partial charge is 0.141 e. The summed E-state index contributed by atoms with van der Waals surface area (Å²) >= 11 is 0. The van der Waals surface area contributed by atoms with Crippen molar-refractivity contribution < 1.29 is 5.11 Å². The Balaban J connectivity index is 2.32. The first-order valence-electron chi connectivity index (χ1n) is 6.39. The van der Waals surface area contributed by atoms with Gasteiger partial charge in [-0.15, -0.1) is 0 Å². The Morgan fingerprint density at radius 3 is 2.32 bits per heavy atom. The average molecular weight is 253 g/mol.